The van der Waals surface area contributed by atoms with Gasteiger partial charge >= 0.3 is 0 Å². The zero-order chi connectivity index (χ0) is 25.4. The number of hydrogen-bond donors (Lipinski definition) is 3. The smallest absolute Gasteiger partial charge is 0.290 e. The number of nitrogens with two attached hydrogens (primary N) is 1. The van der Waals surface area contributed by atoms with Crippen molar-refractivity contribution in [2.75, 3.05) is 65.4 Å². The Bertz CT molecular complexity index is 827. The fourth-order valence-electron chi connectivity index (χ4n) is 3.85. The van der Waals surface area contributed by atoms with Crippen molar-refractivity contribution in [3.05, 3.63) is 23.8 Å². The van der Waals surface area contributed by atoms with Gasteiger partial charge in [-0.05, 0) is 37.1 Å². The lowest BCUT2D eigenvalue weighted by molar-refractivity contribution is -0.123. The third-order valence-electron chi connectivity index (χ3n) is 5.26. The van der Waals surface area contributed by atoms with Crippen molar-refractivity contribution < 1.29 is 42.4 Å². The summed E-state index contributed by atoms with van der Waals surface area (Å²) in [5.74, 6) is 1.78. The highest BCUT2D eigenvalue weighted by Gasteiger charge is 2.26. The molecule has 2 aliphatic heterocycles. The number of ether oxygens (including phenoxy) is 3. The van der Waals surface area contributed by atoms with Crippen LogP contribution in [0.5, 0.6) is 11.5 Å². The lowest BCUT2D eigenvalue weighted by Crippen LogP contribution is -2.38. The van der Waals surface area contributed by atoms with Gasteiger partial charge in [0.1, 0.15) is 18.1 Å². The van der Waals surface area contributed by atoms with E-state index in [1.54, 1.807) is 7.11 Å². The Labute approximate surface area is 200 Å². The maximum Gasteiger partial charge on any atom is 0.290 e. The number of sulfonamides is 1. The van der Waals surface area contributed by atoms with Crippen molar-refractivity contribution in [3.8, 4) is 11.5 Å². The molecule has 2 saturated heterocycles. The number of likely N-dealkylation sites (tertiary alicyclic amines) is 1. The van der Waals surface area contributed by atoms with Crippen LogP contribution in [0.3, 0.4) is 0 Å². The molecular formula is C21H35N3O9S. The van der Waals surface area contributed by atoms with Crippen molar-refractivity contribution >= 4 is 23.0 Å². The van der Waals surface area contributed by atoms with E-state index >= 15 is 0 Å². The second-order valence-electron chi connectivity index (χ2n) is 7.71. The molecule has 4 N–H and O–H groups in total. The Morgan fingerprint density at radius 3 is 2.38 bits per heavy atom. The molecule has 2 aliphatic rings. The SMILES string of the molecule is COc1ccc(OCCN2CCOCC2)cc1CN1CCC(CS(N)(=O)=O)C1.O=CO.O=CO. The van der Waals surface area contributed by atoms with E-state index in [2.05, 4.69) is 9.80 Å². The van der Waals surface area contributed by atoms with Crippen LogP contribution >= 0.6 is 0 Å². The minimum atomic E-state index is -3.43. The molecular weight excluding hydrogens is 470 g/mol. The van der Waals surface area contributed by atoms with Gasteiger partial charge in [0.2, 0.25) is 10.0 Å². The summed E-state index contributed by atoms with van der Waals surface area (Å²) in [6.45, 7) is 6.76. The minimum Gasteiger partial charge on any atom is -0.496 e. The summed E-state index contributed by atoms with van der Waals surface area (Å²) in [7, 11) is -1.77. The summed E-state index contributed by atoms with van der Waals surface area (Å²) in [6, 6.07) is 5.87. The van der Waals surface area contributed by atoms with Crippen molar-refractivity contribution in [3.63, 3.8) is 0 Å². The number of morpholine rings is 1. The van der Waals surface area contributed by atoms with E-state index in [1.165, 1.54) is 0 Å². The van der Waals surface area contributed by atoms with Crippen molar-refractivity contribution in [2.45, 2.75) is 13.0 Å². The Kier molecular flexibility index (Phi) is 14.1. The number of carbonyl (C=O) groups is 2. The van der Waals surface area contributed by atoms with Crippen LogP contribution in [0.2, 0.25) is 0 Å². The van der Waals surface area contributed by atoms with Gasteiger partial charge < -0.3 is 24.4 Å². The van der Waals surface area contributed by atoms with Crippen LogP contribution in [0.1, 0.15) is 12.0 Å². The molecule has 1 aromatic carbocycles. The zero-order valence-electron chi connectivity index (χ0n) is 19.4. The first-order chi connectivity index (χ1) is 16.3. The molecule has 34 heavy (non-hydrogen) atoms. The van der Waals surface area contributed by atoms with Gasteiger partial charge in [0.15, 0.2) is 0 Å². The van der Waals surface area contributed by atoms with Crippen molar-refractivity contribution in [1.82, 2.24) is 9.80 Å². The fourth-order valence-corrected chi connectivity index (χ4v) is 4.78. The van der Waals surface area contributed by atoms with E-state index in [9.17, 15) is 8.42 Å². The van der Waals surface area contributed by atoms with E-state index in [0.29, 0.717) is 13.2 Å². The Morgan fingerprint density at radius 2 is 1.79 bits per heavy atom. The molecule has 194 valence electrons. The first kappa shape index (κ1) is 29.6. The van der Waals surface area contributed by atoms with Crippen LogP contribution in [-0.4, -0.2) is 107 Å². The maximum absolute atomic E-state index is 11.3. The molecule has 1 aromatic rings. The third kappa shape index (κ3) is 12.1. The van der Waals surface area contributed by atoms with Gasteiger partial charge in [-0.3, -0.25) is 19.4 Å². The first-order valence-corrected chi connectivity index (χ1v) is 12.5. The second kappa shape index (κ2) is 16.2. The average molecular weight is 506 g/mol. The van der Waals surface area contributed by atoms with Crippen molar-refractivity contribution in [1.29, 1.82) is 0 Å². The number of methoxy groups -OCH3 is 1. The molecule has 1 atom stereocenters. The normalized spacial score (nSPS) is 18.6. The molecule has 0 spiro atoms. The highest BCUT2D eigenvalue weighted by atomic mass is 32.2. The van der Waals surface area contributed by atoms with Crippen LogP contribution in [0.4, 0.5) is 0 Å². The summed E-state index contributed by atoms with van der Waals surface area (Å²) >= 11 is 0. The molecule has 0 aliphatic carbocycles. The fraction of sp³-hybridized carbons (Fsp3) is 0.619. The van der Waals surface area contributed by atoms with Gasteiger partial charge in [-0.25, -0.2) is 13.6 Å². The van der Waals surface area contributed by atoms with Gasteiger partial charge in [-0.1, -0.05) is 0 Å². The second-order valence-corrected chi connectivity index (χ2v) is 9.37. The first-order valence-electron chi connectivity index (χ1n) is 10.7. The summed E-state index contributed by atoms with van der Waals surface area (Å²) < 4.78 is 39.5. The van der Waals surface area contributed by atoms with Crippen LogP contribution in [0, 0.1) is 5.92 Å². The van der Waals surface area contributed by atoms with E-state index in [-0.39, 0.29) is 24.6 Å². The highest BCUT2D eigenvalue weighted by molar-refractivity contribution is 7.89. The Morgan fingerprint density at radius 1 is 1.15 bits per heavy atom. The summed E-state index contributed by atoms with van der Waals surface area (Å²) in [5, 5.41) is 19.0. The van der Waals surface area contributed by atoms with Gasteiger partial charge in [-0.15, -0.1) is 0 Å². The van der Waals surface area contributed by atoms with Gasteiger partial charge in [0.25, 0.3) is 12.9 Å². The van der Waals surface area contributed by atoms with Crippen LogP contribution in [0.25, 0.3) is 0 Å². The molecule has 2 fully saturated rings. The quantitative estimate of drug-likeness (QED) is 0.384. The molecule has 0 bridgehead atoms. The van der Waals surface area contributed by atoms with Crippen molar-refractivity contribution in [2.24, 2.45) is 11.1 Å². The number of rotatable bonds is 9. The lowest BCUT2D eigenvalue weighted by Gasteiger charge is -2.26. The lowest BCUT2D eigenvalue weighted by atomic mass is 10.1. The van der Waals surface area contributed by atoms with Gasteiger partial charge in [0.05, 0.1) is 26.1 Å². The summed E-state index contributed by atoms with van der Waals surface area (Å²) in [5.41, 5.74) is 1.04. The van der Waals surface area contributed by atoms with E-state index in [1.807, 2.05) is 18.2 Å². The summed E-state index contributed by atoms with van der Waals surface area (Å²) in [6.07, 6.45) is 0.842. The largest absolute Gasteiger partial charge is 0.496 e. The van der Waals surface area contributed by atoms with E-state index in [4.69, 9.17) is 39.2 Å². The molecule has 1 unspecified atom stereocenters. The number of carboxylic acid groups (broad SMARTS) is 2. The van der Waals surface area contributed by atoms with Crippen LogP contribution in [-0.2, 0) is 30.9 Å². The predicted molar refractivity (Wildman–Crippen MR) is 124 cm³/mol. The number of benzene rings is 1. The predicted octanol–water partition coefficient (Wildman–Crippen LogP) is -0.0818. The van der Waals surface area contributed by atoms with Crippen LogP contribution < -0.4 is 14.6 Å². The third-order valence-corrected chi connectivity index (χ3v) is 6.20. The standard InChI is InChI=1S/C19H31N3O5S.2CH2O2/c1-25-19-3-2-18(27-11-8-21-6-9-26-10-7-21)12-17(19)14-22-5-4-16(13-22)15-28(20,23)24;2*2-1-3/h2-3,12,16H,4-11,13-15H2,1H3,(H2,20,23,24);2*1H,(H,2,3). The molecule has 12 nitrogen and oxygen atoms in total. The Hall–Kier alpha value is -2.45. The van der Waals surface area contributed by atoms with Crippen LogP contribution in [0.15, 0.2) is 18.2 Å². The number of hydrogen-bond acceptors (Lipinski definition) is 9. The molecule has 0 saturated carbocycles. The molecule has 2 heterocycles. The monoisotopic (exact) mass is 505 g/mol. The van der Waals surface area contributed by atoms with E-state index < -0.39 is 10.0 Å². The van der Waals surface area contributed by atoms with Gasteiger partial charge in [-0.2, -0.15) is 0 Å². The average Bonchev–Trinajstić information content (AvgIpc) is 3.21. The van der Waals surface area contributed by atoms with Gasteiger partial charge in [0, 0.05) is 38.3 Å². The molecule has 0 amide bonds. The topological polar surface area (TPSA) is 169 Å². The Balaban J connectivity index is 0.000000872. The molecule has 0 aromatic heterocycles. The summed E-state index contributed by atoms with van der Waals surface area (Å²) in [4.78, 5) is 21.3. The zero-order valence-corrected chi connectivity index (χ0v) is 20.2. The number of primary sulfonamides is 1. The molecule has 13 heteroatoms. The number of nitrogens with zero attached hydrogens (tertiary/aromatic N) is 2. The molecule has 3 rings (SSSR count). The highest BCUT2D eigenvalue weighted by Crippen LogP contribution is 2.28. The maximum atomic E-state index is 11.3. The van der Waals surface area contributed by atoms with E-state index in [0.717, 1.165) is 69.4 Å². The molecule has 0 radical (unpaired) electrons. The minimum absolute atomic E-state index is 0.0470.